The Labute approximate surface area is 138 Å². The van der Waals surface area contributed by atoms with Gasteiger partial charge in [-0.2, -0.15) is 5.26 Å². The number of H-pyrrole nitrogens is 1. The lowest BCUT2D eigenvalue weighted by molar-refractivity contribution is 0.893. The van der Waals surface area contributed by atoms with Crippen LogP contribution in [0.2, 0.25) is 0 Å². The van der Waals surface area contributed by atoms with E-state index in [1.807, 2.05) is 42.5 Å². The summed E-state index contributed by atoms with van der Waals surface area (Å²) in [7, 11) is 0. The van der Waals surface area contributed by atoms with Crippen molar-refractivity contribution in [2.45, 2.75) is 5.92 Å². The average Bonchev–Trinajstić information content (AvgIpc) is 3.17. The molecular formula is C19H13N5. The summed E-state index contributed by atoms with van der Waals surface area (Å²) < 4.78 is 0. The van der Waals surface area contributed by atoms with Crippen LogP contribution in [0.5, 0.6) is 0 Å². The molecule has 0 bridgehead atoms. The number of rotatable bonds is 3. The smallest absolute Gasteiger partial charge is 0.101 e. The molecule has 24 heavy (non-hydrogen) atoms. The van der Waals surface area contributed by atoms with E-state index in [2.05, 4.69) is 26.0 Å². The summed E-state index contributed by atoms with van der Waals surface area (Å²) in [6.07, 6.45) is 6.84. The number of nitriles is 1. The second kappa shape index (κ2) is 5.94. The van der Waals surface area contributed by atoms with E-state index in [1.54, 1.807) is 24.9 Å². The highest BCUT2D eigenvalue weighted by molar-refractivity contribution is 5.84. The molecule has 3 heterocycles. The zero-order chi connectivity index (χ0) is 16.4. The van der Waals surface area contributed by atoms with Crippen LogP contribution in [0.3, 0.4) is 0 Å². The fraction of sp³-hybridized carbons (Fsp3) is 0.0526. The molecule has 4 aromatic rings. The zero-order valence-electron chi connectivity index (χ0n) is 12.7. The number of hydrogen-bond donors (Lipinski definition) is 1. The molecule has 1 N–H and O–H groups in total. The maximum absolute atomic E-state index is 9.21. The van der Waals surface area contributed by atoms with Gasteiger partial charge in [-0.3, -0.25) is 9.97 Å². The van der Waals surface area contributed by atoms with Gasteiger partial charge in [0, 0.05) is 29.7 Å². The largest absolute Gasteiger partial charge is 0.348 e. The first-order valence-electron chi connectivity index (χ1n) is 7.55. The van der Waals surface area contributed by atoms with E-state index in [0.29, 0.717) is 5.56 Å². The average molecular weight is 311 g/mol. The van der Waals surface area contributed by atoms with Crippen molar-refractivity contribution in [2.24, 2.45) is 0 Å². The Kier molecular flexibility index (Phi) is 3.49. The molecule has 114 valence electrons. The van der Waals surface area contributed by atoms with Gasteiger partial charge in [0.05, 0.1) is 29.0 Å². The molecule has 0 amide bonds. The van der Waals surface area contributed by atoms with Gasteiger partial charge >= 0.3 is 0 Å². The van der Waals surface area contributed by atoms with Crippen molar-refractivity contribution < 1.29 is 0 Å². The summed E-state index contributed by atoms with van der Waals surface area (Å²) >= 11 is 0. The van der Waals surface area contributed by atoms with Crippen molar-refractivity contribution in [2.75, 3.05) is 0 Å². The number of imidazole rings is 1. The monoisotopic (exact) mass is 311 g/mol. The van der Waals surface area contributed by atoms with Gasteiger partial charge in [-0.25, -0.2) is 4.98 Å². The molecule has 0 saturated heterocycles. The first-order valence-corrected chi connectivity index (χ1v) is 7.55. The van der Waals surface area contributed by atoms with E-state index in [9.17, 15) is 5.26 Å². The molecule has 0 fully saturated rings. The van der Waals surface area contributed by atoms with Crippen molar-refractivity contribution >= 4 is 10.9 Å². The number of aromatic nitrogens is 4. The number of benzene rings is 1. The summed E-state index contributed by atoms with van der Waals surface area (Å²) in [5.74, 6) is -0.104. The predicted molar refractivity (Wildman–Crippen MR) is 90.2 cm³/mol. The fourth-order valence-corrected chi connectivity index (χ4v) is 2.94. The first kappa shape index (κ1) is 14.1. The third-order valence-corrected chi connectivity index (χ3v) is 4.01. The lowest BCUT2D eigenvalue weighted by Crippen LogP contribution is -2.07. The van der Waals surface area contributed by atoms with Crippen LogP contribution in [0.25, 0.3) is 10.9 Å². The second-order valence-electron chi connectivity index (χ2n) is 5.44. The maximum Gasteiger partial charge on any atom is 0.101 e. The first-order chi connectivity index (χ1) is 11.9. The van der Waals surface area contributed by atoms with E-state index in [-0.39, 0.29) is 5.92 Å². The number of aromatic amines is 1. The molecule has 3 aromatic heterocycles. The van der Waals surface area contributed by atoms with Gasteiger partial charge in [-0.1, -0.05) is 18.2 Å². The predicted octanol–water partition coefficient (Wildman–Crippen LogP) is 3.40. The van der Waals surface area contributed by atoms with Crippen LogP contribution in [-0.4, -0.2) is 19.9 Å². The second-order valence-corrected chi connectivity index (χ2v) is 5.44. The Morgan fingerprint density at radius 2 is 2.00 bits per heavy atom. The molecule has 1 unspecified atom stereocenters. The minimum atomic E-state index is -0.104. The molecule has 0 aliphatic rings. The minimum absolute atomic E-state index is 0.104. The van der Waals surface area contributed by atoms with E-state index in [1.165, 1.54) is 0 Å². The summed E-state index contributed by atoms with van der Waals surface area (Å²) in [5, 5.41) is 10.2. The molecule has 5 nitrogen and oxygen atoms in total. The summed E-state index contributed by atoms with van der Waals surface area (Å²) in [4.78, 5) is 16.3. The third kappa shape index (κ3) is 2.40. The van der Waals surface area contributed by atoms with Gasteiger partial charge in [0.1, 0.15) is 6.07 Å². The number of fused-ring (bicyclic) bond motifs is 1. The van der Waals surface area contributed by atoms with Crippen LogP contribution in [0.4, 0.5) is 0 Å². The van der Waals surface area contributed by atoms with Crippen LogP contribution < -0.4 is 0 Å². The highest BCUT2D eigenvalue weighted by Gasteiger charge is 2.21. The van der Waals surface area contributed by atoms with E-state index < -0.39 is 0 Å². The van der Waals surface area contributed by atoms with Gasteiger partial charge in [0.2, 0.25) is 0 Å². The van der Waals surface area contributed by atoms with Crippen LogP contribution in [0, 0.1) is 11.3 Å². The Morgan fingerprint density at radius 1 is 1.04 bits per heavy atom. The lowest BCUT2D eigenvalue weighted by atomic mass is 9.89. The van der Waals surface area contributed by atoms with Crippen LogP contribution in [0.1, 0.15) is 28.4 Å². The van der Waals surface area contributed by atoms with Gasteiger partial charge in [0.15, 0.2) is 0 Å². The number of pyridine rings is 2. The standard InChI is InChI=1S/C19H13N5/c20-9-13-8-15-14(4-3-6-16(15)23-10-13)19(18-11-21-12-24-18)17-5-1-2-7-22-17/h1-8,10-12,19H,(H,21,24). The maximum atomic E-state index is 9.21. The number of hydrogen-bond acceptors (Lipinski definition) is 4. The molecule has 0 saturated carbocycles. The Hall–Kier alpha value is -3.52. The van der Waals surface area contributed by atoms with E-state index >= 15 is 0 Å². The highest BCUT2D eigenvalue weighted by atomic mass is 14.9. The van der Waals surface area contributed by atoms with E-state index in [4.69, 9.17) is 0 Å². The van der Waals surface area contributed by atoms with Gasteiger partial charge in [-0.05, 0) is 29.8 Å². The number of nitrogens with zero attached hydrogens (tertiary/aromatic N) is 4. The summed E-state index contributed by atoms with van der Waals surface area (Å²) in [6.45, 7) is 0. The van der Waals surface area contributed by atoms with Crippen molar-refractivity contribution in [3.8, 4) is 6.07 Å². The topological polar surface area (TPSA) is 78.2 Å². The van der Waals surface area contributed by atoms with Crippen molar-refractivity contribution in [3.05, 3.63) is 89.9 Å². The van der Waals surface area contributed by atoms with E-state index in [0.717, 1.165) is 27.9 Å². The quantitative estimate of drug-likeness (QED) is 0.629. The molecule has 1 atom stereocenters. The van der Waals surface area contributed by atoms with Crippen molar-refractivity contribution in [1.29, 1.82) is 5.26 Å². The zero-order valence-corrected chi connectivity index (χ0v) is 12.7. The molecule has 0 radical (unpaired) electrons. The Balaban J connectivity index is 2.00. The molecule has 1 aromatic carbocycles. The third-order valence-electron chi connectivity index (χ3n) is 4.01. The SMILES string of the molecule is N#Cc1cnc2cccc(C(c3ccccn3)c3cnc[nH]3)c2c1. The van der Waals surface area contributed by atoms with Crippen molar-refractivity contribution in [3.63, 3.8) is 0 Å². The molecular weight excluding hydrogens is 298 g/mol. The summed E-state index contributed by atoms with van der Waals surface area (Å²) in [5.41, 5.74) is 4.30. The lowest BCUT2D eigenvalue weighted by Gasteiger charge is -2.17. The molecule has 0 aliphatic carbocycles. The Bertz CT molecular complexity index is 1020. The van der Waals surface area contributed by atoms with Gasteiger partial charge in [-0.15, -0.1) is 0 Å². The van der Waals surface area contributed by atoms with Crippen LogP contribution in [0.15, 0.2) is 67.4 Å². The minimum Gasteiger partial charge on any atom is -0.348 e. The van der Waals surface area contributed by atoms with Crippen molar-refractivity contribution in [1.82, 2.24) is 19.9 Å². The Morgan fingerprint density at radius 3 is 2.75 bits per heavy atom. The van der Waals surface area contributed by atoms with Crippen LogP contribution >= 0.6 is 0 Å². The molecule has 0 aliphatic heterocycles. The number of nitrogens with one attached hydrogen (secondary N) is 1. The molecule has 4 rings (SSSR count). The normalized spacial score (nSPS) is 12.0. The highest BCUT2D eigenvalue weighted by Crippen LogP contribution is 2.33. The molecule has 0 spiro atoms. The summed E-state index contributed by atoms with van der Waals surface area (Å²) in [6, 6.07) is 15.9. The van der Waals surface area contributed by atoms with Crippen LogP contribution in [-0.2, 0) is 0 Å². The van der Waals surface area contributed by atoms with Gasteiger partial charge < -0.3 is 4.98 Å². The fourth-order valence-electron chi connectivity index (χ4n) is 2.94. The van der Waals surface area contributed by atoms with Gasteiger partial charge in [0.25, 0.3) is 0 Å². The molecule has 5 heteroatoms.